The maximum atomic E-state index is 12.2. The van der Waals surface area contributed by atoms with Crippen LogP contribution in [0.15, 0.2) is 35.1 Å². The zero-order valence-corrected chi connectivity index (χ0v) is 12.8. The van der Waals surface area contributed by atoms with Gasteiger partial charge in [0.25, 0.3) is 5.56 Å². The monoisotopic (exact) mass is 297 g/mol. The topological polar surface area (TPSA) is 64.0 Å². The number of hydrogen-bond donors (Lipinski definition) is 1. The molecule has 5 nitrogen and oxygen atoms in total. The summed E-state index contributed by atoms with van der Waals surface area (Å²) in [4.78, 5) is 24.0. The quantitative estimate of drug-likeness (QED) is 0.942. The third kappa shape index (κ3) is 3.24. The van der Waals surface area contributed by atoms with Gasteiger partial charge in [-0.25, -0.2) is 4.68 Å². The number of nitrogens with zero attached hydrogens (tertiary/aromatic N) is 2. The lowest BCUT2D eigenvalue weighted by molar-refractivity contribution is -0.117. The summed E-state index contributed by atoms with van der Waals surface area (Å²) in [6.45, 7) is 3.89. The number of benzene rings is 1. The Morgan fingerprint density at radius 2 is 2.05 bits per heavy atom. The number of carbonyl (C=O) groups excluding carboxylic acids is 1. The number of anilines is 1. The number of amides is 1. The minimum Gasteiger partial charge on any atom is -0.324 e. The molecule has 0 unspecified atom stereocenters. The molecule has 0 saturated heterocycles. The first-order valence-corrected chi connectivity index (χ1v) is 7.48. The van der Waals surface area contributed by atoms with E-state index >= 15 is 0 Å². The molecule has 1 heterocycles. The van der Waals surface area contributed by atoms with Crippen molar-refractivity contribution in [2.75, 3.05) is 5.32 Å². The summed E-state index contributed by atoms with van der Waals surface area (Å²) in [5, 5.41) is 7.13. The van der Waals surface area contributed by atoms with Crippen LogP contribution in [-0.2, 0) is 11.3 Å². The SMILES string of the molecule is Cc1ccc(NC(=O)Cn2nc(C3CC3)ccc2=O)c(C)c1. The van der Waals surface area contributed by atoms with Gasteiger partial charge in [0, 0.05) is 17.7 Å². The van der Waals surface area contributed by atoms with Crippen molar-refractivity contribution in [1.82, 2.24) is 9.78 Å². The first kappa shape index (κ1) is 14.5. The highest BCUT2D eigenvalue weighted by Crippen LogP contribution is 2.38. The average molecular weight is 297 g/mol. The van der Waals surface area contributed by atoms with Crippen LogP contribution in [0, 0.1) is 13.8 Å². The van der Waals surface area contributed by atoms with Gasteiger partial charge in [-0.1, -0.05) is 17.7 Å². The van der Waals surface area contributed by atoms with Crippen LogP contribution in [0.2, 0.25) is 0 Å². The number of rotatable bonds is 4. The Kier molecular flexibility index (Phi) is 3.79. The molecule has 1 aliphatic carbocycles. The van der Waals surface area contributed by atoms with E-state index in [-0.39, 0.29) is 18.0 Å². The van der Waals surface area contributed by atoms with Gasteiger partial charge >= 0.3 is 0 Å². The zero-order chi connectivity index (χ0) is 15.7. The molecule has 1 aromatic carbocycles. The van der Waals surface area contributed by atoms with Crippen molar-refractivity contribution >= 4 is 11.6 Å². The third-order valence-corrected chi connectivity index (χ3v) is 3.83. The zero-order valence-electron chi connectivity index (χ0n) is 12.8. The number of aromatic nitrogens is 2. The Bertz CT molecular complexity index is 776. The van der Waals surface area contributed by atoms with Crippen LogP contribution >= 0.6 is 0 Å². The number of hydrogen-bond acceptors (Lipinski definition) is 3. The molecule has 1 saturated carbocycles. The summed E-state index contributed by atoms with van der Waals surface area (Å²) in [5.41, 5.74) is 3.56. The normalized spacial score (nSPS) is 13.9. The van der Waals surface area contributed by atoms with Gasteiger partial charge in [-0.3, -0.25) is 9.59 Å². The summed E-state index contributed by atoms with van der Waals surface area (Å²) in [6, 6.07) is 9.08. The highest BCUT2D eigenvalue weighted by molar-refractivity contribution is 5.91. The average Bonchev–Trinajstić information content (AvgIpc) is 3.29. The smallest absolute Gasteiger partial charge is 0.267 e. The fourth-order valence-corrected chi connectivity index (χ4v) is 2.45. The molecular formula is C17H19N3O2. The minimum atomic E-state index is -0.250. The van der Waals surface area contributed by atoms with E-state index in [4.69, 9.17) is 0 Å². The second-order valence-electron chi connectivity index (χ2n) is 5.89. The van der Waals surface area contributed by atoms with Crippen molar-refractivity contribution in [3.63, 3.8) is 0 Å². The molecule has 1 N–H and O–H groups in total. The molecular weight excluding hydrogens is 278 g/mol. The van der Waals surface area contributed by atoms with E-state index < -0.39 is 0 Å². The Hall–Kier alpha value is -2.43. The number of nitrogens with one attached hydrogen (secondary N) is 1. The van der Waals surface area contributed by atoms with Gasteiger partial charge in [0.1, 0.15) is 6.54 Å². The second-order valence-corrected chi connectivity index (χ2v) is 5.89. The van der Waals surface area contributed by atoms with Crippen LogP contribution in [-0.4, -0.2) is 15.7 Å². The maximum Gasteiger partial charge on any atom is 0.267 e. The lowest BCUT2D eigenvalue weighted by Crippen LogP contribution is -2.29. The molecule has 114 valence electrons. The summed E-state index contributed by atoms with van der Waals surface area (Å²) >= 11 is 0. The summed E-state index contributed by atoms with van der Waals surface area (Å²) in [7, 11) is 0. The van der Waals surface area contributed by atoms with E-state index in [1.807, 2.05) is 32.0 Å². The van der Waals surface area contributed by atoms with Crippen molar-refractivity contribution in [2.45, 2.75) is 39.2 Å². The lowest BCUT2D eigenvalue weighted by Gasteiger charge is -2.10. The van der Waals surface area contributed by atoms with Gasteiger partial charge in [0.15, 0.2) is 0 Å². The summed E-state index contributed by atoms with van der Waals surface area (Å²) < 4.78 is 1.24. The first-order valence-electron chi connectivity index (χ1n) is 7.48. The molecule has 2 aromatic rings. The molecule has 1 aromatic heterocycles. The van der Waals surface area contributed by atoms with Crippen LogP contribution in [0.25, 0.3) is 0 Å². The molecule has 1 amide bonds. The van der Waals surface area contributed by atoms with Crippen molar-refractivity contribution < 1.29 is 4.79 Å². The lowest BCUT2D eigenvalue weighted by atomic mass is 10.1. The standard InChI is InChI=1S/C17H19N3O2/c1-11-3-6-14(12(2)9-11)18-16(21)10-20-17(22)8-7-15(19-20)13-4-5-13/h3,6-9,13H,4-5,10H2,1-2H3,(H,18,21). The van der Waals surface area contributed by atoms with Crippen molar-refractivity contribution in [3.8, 4) is 0 Å². The first-order chi connectivity index (χ1) is 10.5. The van der Waals surface area contributed by atoms with Crippen molar-refractivity contribution in [3.05, 3.63) is 57.5 Å². The van der Waals surface area contributed by atoms with Gasteiger partial charge in [0.2, 0.25) is 5.91 Å². The predicted molar refractivity (Wildman–Crippen MR) is 85.0 cm³/mol. The molecule has 0 aliphatic heterocycles. The van der Waals surface area contributed by atoms with Crippen LogP contribution in [0.1, 0.15) is 35.6 Å². The third-order valence-electron chi connectivity index (χ3n) is 3.83. The van der Waals surface area contributed by atoms with Crippen LogP contribution < -0.4 is 10.9 Å². The van der Waals surface area contributed by atoms with E-state index in [0.717, 1.165) is 35.3 Å². The van der Waals surface area contributed by atoms with Gasteiger partial charge in [-0.05, 0) is 44.4 Å². The molecule has 5 heteroatoms. The van der Waals surface area contributed by atoms with E-state index in [0.29, 0.717) is 5.92 Å². The van der Waals surface area contributed by atoms with Crippen molar-refractivity contribution in [2.24, 2.45) is 0 Å². The van der Waals surface area contributed by atoms with Crippen molar-refractivity contribution in [1.29, 1.82) is 0 Å². The Morgan fingerprint density at radius 3 is 2.73 bits per heavy atom. The summed E-state index contributed by atoms with van der Waals surface area (Å²) in [6.07, 6.45) is 2.22. The van der Waals surface area contributed by atoms with Crippen LogP contribution in [0.3, 0.4) is 0 Å². The highest BCUT2D eigenvalue weighted by Gasteiger charge is 2.25. The Balaban J connectivity index is 1.74. The predicted octanol–water partition coefficient (Wildman–Crippen LogP) is 2.38. The van der Waals surface area contributed by atoms with Gasteiger partial charge in [-0.2, -0.15) is 5.10 Å². The van der Waals surface area contributed by atoms with Gasteiger partial charge in [-0.15, -0.1) is 0 Å². The number of carbonyl (C=O) groups is 1. The molecule has 22 heavy (non-hydrogen) atoms. The molecule has 0 radical (unpaired) electrons. The fraction of sp³-hybridized carbons (Fsp3) is 0.353. The van der Waals surface area contributed by atoms with E-state index in [1.165, 1.54) is 10.7 Å². The minimum absolute atomic E-state index is 0.0628. The Morgan fingerprint density at radius 1 is 1.27 bits per heavy atom. The van der Waals surface area contributed by atoms with E-state index in [1.54, 1.807) is 6.07 Å². The molecule has 1 aliphatic rings. The second kappa shape index (κ2) is 5.75. The molecule has 0 atom stereocenters. The Labute approximate surface area is 129 Å². The summed E-state index contributed by atoms with van der Waals surface area (Å²) in [5.74, 6) is 0.212. The van der Waals surface area contributed by atoms with E-state index in [9.17, 15) is 9.59 Å². The van der Waals surface area contributed by atoms with E-state index in [2.05, 4.69) is 10.4 Å². The van der Waals surface area contributed by atoms with Crippen LogP contribution in [0.5, 0.6) is 0 Å². The highest BCUT2D eigenvalue weighted by atomic mass is 16.2. The molecule has 1 fully saturated rings. The fourth-order valence-electron chi connectivity index (χ4n) is 2.45. The maximum absolute atomic E-state index is 12.2. The van der Waals surface area contributed by atoms with Crippen LogP contribution in [0.4, 0.5) is 5.69 Å². The largest absolute Gasteiger partial charge is 0.324 e. The van der Waals surface area contributed by atoms with Gasteiger partial charge < -0.3 is 5.32 Å². The molecule has 0 spiro atoms. The molecule has 3 rings (SSSR count). The molecule has 0 bridgehead atoms. The number of aryl methyl sites for hydroxylation is 2. The van der Waals surface area contributed by atoms with Gasteiger partial charge in [0.05, 0.1) is 5.69 Å².